The smallest absolute Gasteiger partial charge is 0.238 e. The first-order valence-corrected chi connectivity index (χ1v) is 8.52. The molecule has 3 atom stereocenters. The molecule has 0 bridgehead atoms. The van der Waals surface area contributed by atoms with E-state index in [1.165, 1.54) is 0 Å². The maximum atomic E-state index is 11.5. The van der Waals surface area contributed by atoms with Gasteiger partial charge < -0.3 is 5.32 Å². The lowest BCUT2D eigenvalue weighted by atomic mass is 9.76. The van der Waals surface area contributed by atoms with Gasteiger partial charge >= 0.3 is 0 Å². The highest BCUT2D eigenvalue weighted by Crippen LogP contribution is 2.46. The van der Waals surface area contributed by atoms with E-state index in [2.05, 4.69) is 31.3 Å². The highest BCUT2D eigenvalue weighted by atomic mass is 32.2. The Morgan fingerprint density at radius 1 is 1.35 bits per heavy atom. The molecule has 20 heavy (non-hydrogen) atoms. The predicted octanol–water partition coefficient (Wildman–Crippen LogP) is 2.44. The van der Waals surface area contributed by atoms with Crippen molar-refractivity contribution in [2.24, 2.45) is 17.0 Å². The Morgan fingerprint density at radius 3 is 2.75 bits per heavy atom. The van der Waals surface area contributed by atoms with Gasteiger partial charge in [0.1, 0.15) is 0 Å². The van der Waals surface area contributed by atoms with E-state index in [9.17, 15) is 8.42 Å². The van der Waals surface area contributed by atoms with E-state index >= 15 is 0 Å². The second-order valence-electron chi connectivity index (χ2n) is 6.06. The van der Waals surface area contributed by atoms with Crippen molar-refractivity contribution in [2.75, 3.05) is 5.32 Å². The Hall–Kier alpha value is -1.33. The lowest BCUT2D eigenvalue weighted by Crippen LogP contribution is -2.39. The summed E-state index contributed by atoms with van der Waals surface area (Å²) in [6.07, 6.45) is 5.44. The van der Waals surface area contributed by atoms with Gasteiger partial charge in [0.25, 0.3) is 0 Å². The Labute approximate surface area is 120 Å². The van der Waals surface area contributed by atoms with E-state index in [4.69, 9.17) is 5.14 Å². The summed E-state index contributed by atoms with van der Waals surface area (Å²) in [6, 6.07) is 5.56. The topological polar surface area (TPSA) is 72.2 Å². The van der Waals surface area contributed by atoms with Gasteiger partial charge in [0.15, 0.2) is 0 Å². The van der Waals surface area contributed by atoms with Crippen molar-refractivity contribution in [1.82, 2.24) is 0 Å². The van der Waals surface area contributed by atoms with Crippen LogP contribution < -0.4 is 10.5 Å². The van der Waals surface area contributed by atoms with Crippen LogP contribution in [0, 0.1) is 11.8 Å². The first-order chi connectivity index (χ1) is 9.38. The normalized spacial score (nSPS) is 28.1. The highest BCUT2D eigenvalue weighted by Gasteiger charge is 2.38. The van der Waals surface area contributed by atoms with Crippen LogP contribution in [-0.2, 0) is 10.0 Å². The largest absolute Gasteiger partial charge is 0.381 e. The van der Waals surface area contributed by atoms with Crippen molar-refractivity contribution in [3.63, 3.8) is 0 Å². The fourth-order valence-corrected chi connectivity index (χ4v) is 4.00. The summed E-state index contributed by atoms with van der Waals surface area (Å²) in [6.45, 7) is 4.44. The second kappa shape index (κ2) is 4.60. The fourth-order valence-electron chi connectivity index (χ4n) is 3.45. The minimum absolute atomic E-state index is 0.195. The minimum atomic E-state index is -3.65. The van der Waals surface area contributed by atoms with E-state index < -0.39 is 10.0 Å². The van der Waals surface area contributed by atoms with Crippen LogP contribution in [0.5, 0.6) is 0 Å². The van der Waals surface area contributed by atoms with Gasteiger partial charge in [0.05, 0.1) is 4.90 Å². The maximum Gasteiger partial charge on any atom is 0.238 e. The summed E-state index contributed by atoms with van der Waals surface area (Å²) in [4.78, 5) is 0.195. The van der Waals surface area contributed by atoms with Gasteiger partial charge in [0, 0.05) is 17.6 Å². The third-order valence-corrected chi connectivity index (χ3v) is 5.34. The van der Waals surface area contributed by atoms with Gasteiger partial charge in [-0.15, -0.1) is 0 Å². The molecule has 0 spiro atoms. The number of rotatable bonds is 2. The molecule has 4 nitrogen and oxygen atoms in total. The van der Waals surface area contributed by atoms with Crippen LogP contribution in [0.4, 0.5) is 5.69 Å². The minimum Gasteiger partial charge on any atom is -0.381 e. The van der Waals surface area contributed by atoms with Crippen molar-refractivity contribution >= 4 is 15.7 Å². The Kier molecular flexibility index (Phi) is 3.14. The number of primary sulfonamides is 1. The van der Waals surface area contributed by atoms with Gasteiger partial charge in [-0.2, -0.15) is 0 Å². The van der Waals surface area contributed by atoms with Crippen LogP contribution in [-0.4, -0.2) is 14.5 Å². The van der Waals surface area contributed by atoms with E-state index in [1.54, 1.807) is 12.1 Å². The molecule has 0 unspecified atom stereocenters. The van der Waals surface area contributed by atoms with E-state index in [-0.39, 0.29) is 4.90 Å². The van der Waals surface area contributed by atoms with Gasteiger partial charge in [-0.1, -0.05) is 26.0 Å². The zero-order chi connectivity index (χ0) is 14.5. The number of sulfonamides is 1. The van der Waals surface area contributed by atoms with Gasteiger partial charge in [-0.05, 0) is 42.0 Å². The molecule has 0 saturated heterocycles. The number of allylic oxidation sites excluding steroid dienone is 2. The first-order valence-electron chi connectivity index (χ1n) is 6.98. The molecule has 1 aliphatic heterocycles. The van der Waals surface area contributed by atoms with E-state index in [0.29, 0.717) is 23.8 Å². The zero-order valence-corrected chi connectivity index (χ0v) is 12.5. The molecule has 1 aliphatic carbocycles. The molecule has 5 heteroatoms. The van der Waals surface area contributed by atoms with Crippen LogP contribution in [0.3, 0.4) is 0 Å². The molecule has 2 aliphatic rings. The summed E-state index contributed by atoms with van der Waals surface area (Å²) in [7, 11) is -3.65. The number of hydrogen-bond donors (Lipinski definition) is 2. The number of nitrogens with one attached hydrogen (secondary N) is 1. The van der Waals surface area contributed by atoms with Crippen molar-refractivity contribution in [2.45, 2.75) is 37.1 Å². The van der Waals surface area contributed by atoms with Crippen molar-refractivity contribution < 1.29 is 8.42 Å². The van der Waals surface area contributed by atoms with Crippen molar-refractivity contribution in [3.8, 4) is 0 Å². The fraction of sp³-hybridized carbons (Fsp3) is 0.467. The van der Waals surface area contributed by atoms with Crippen molar-refractivity contribution in [1.29, 1.82) is 0 Å². The average molecular weight is 292 g/mol. The Bertz CT molecular complexity index is 664. The molecule has 0 radical (unpaired) electrons. The molecular weight excluding hydrogens is 272 g/mol. The van der Waals surface area contributed by atoms with Crippen LogP contribution in [0.15, 0.2) is 35.2 Å². The third-order valence-electron chi connectivity index (χ3n) is 4.43. The van der Waals surface area contributed by atoms with Crippen LogP contribution in [0.25, 0.3) is 0 Å². The molecule has 0 amide bonds. The number of benzene rings is 1. The Balaban J connectivity index is 2.09. The van der Waals surface area contributed by atoms with Gasteiger partial charge in [0.2, 0.25) is 10.0 Å². The molecule has 1 aromatic rings. The summed E-state index contributed by atoms with van der Waals surface area (Å²) in [5.41, 5.74) is 2.08. The molecule has 0 fully saturated rings. The molecule has 3 rings (SSSR count). The molecular formula is C15H20N2O2S. The van der Waals surface area contributed by atoms with Crippen LogP contribution in [0.1, 0.15) is 31.7 Å². The molecule has 1 aromatic carbocycles. The SMILES string of the molecule is CC(C)[C@H]1Nc2ccc(S(N)(=O)=O)cc2[C@@H]2C=CC[C@@H]12. The summed E-state index contributed by atoms with van der Waals surface area (Å²) in [5, 5.41) is 8.81. The summed E-state index contributed by atoms with van der Waals surface area (Å²) >= 11 is 0. The quantitative estimate of drug-likeness (QED) is 0.822. The van der Waals surface area contributed by atoms with E-state index in [0.717, 1.165) is 17.7 Å². The lowest BCUT2D eigenvalue weighted by Gasteiger charge is -2.39. The predicted molar refractivity (Wildman–Crippen MR) is 80.1 cm³/mol. The molecule has 1 heterocycles. The zero-order valence-electron chi connectivity index (χ0n) is 11.7. The van der Waals surface area contributed by atoms with Crippen LogP contribution in [0.2, 0.25) is 0 Å². The van der Waals surface area contributed by atoms with Crippen LogP contribution >= 0.6 is 0 Å². The maximum absolute atomic E-state index is 11.5. The molecule has 108 valence electrons. The first kappa shape index (κ1) is 13.6. The summed E-state index contributed by atoms with van der Waals surface area (Å²) in [5.74, 6) is 1.33. The second-order valence-corrected chi connectivity index (χ2v) is 7.62. The van der Waals surface area contributed by atoms with Gasteiger partial charge in [-0.3, -0.25) is 0 Å². The molecule has 3 N–H and O–H groups in total. The summed E-state index contributed by atoms with van der Waals surface area (Å²) < 4.78 is 23.0. The third kappa shape index (κ3) is 2.15. The standard InChI is InChI=1S/C15H20N2O2S/c1-9(2)15-12-5-3-4-11(12)13-8-10(20(16,18)19)6-7-14(13)17-15/h3-4,6-9,11-12,15,17H,5H2,1-2H3,(H2,16,18,19)/t11-,12-,15-/m1/s1. The van der Waals surface area contributed by atoms with Gasteiger partial charge in [-0.25, -0.2) is 13.6 Å². The number of fused-ring (bicyclic) bond motifs is 3. The lowest BCUT2D eigenvalue weighted by molar-refractivity contribution is 0.342. The average Bonchev–Trinajstić information content (AvgIpc) is 2.85. The number of nitrogens with two attached hydrogens (primary N) is 1. The number of hydrogen-bond acceptors (Lipinski definition) is 3. The van der Waals surface area contributed by atoms with Crippen molar-refractivity contribution in [3.05, 3.63) is 35.9 Å². The monoisotopic (exact) mass is 292 g/mol. The highest BCUT2D eigenvalue weighted by molar-refractivity contribution is 7.89. The molecule has 0 saturated carbocycles. The Morgan fingerprint density at radius 2 is 2.10 bits per heavy atom. The number of anilines is 1. The van der Waals surface area contributed by atoms with E-state index in [1.807, 2.05) is 6.07 Å². The molecule has 0 aromatic heterocycles.